The molecule has 7 nitrogen and oxygen atoms in total. The first-order valence-electron chi connectivity index (χ1n) is 11.4. The fourth-order valence-corrected chi connectivity index (χ4v) is 5.84. The molecule has 1 unspecified atom stereocenters. The molecule has 3 aromatic rings. The normalized spacial score (nSPS) is 24.7. The van der Waals surface area contributed by atoms with Crippen molar-refractivity contribution < 1.29 is 9.13 Å². The van der Waals surface area contributed by atoms with Crippen LogP contribution in [0.25, 0.3) is 11.1 Å². The summed E-state index contributed by atoms with van der Waals surface area (Å²) in [4.78, 5) is 16.2. The number of aromatic nitrogens is 3. The van der Waals surface area contributed by atoms with Crippen molar-refractivity contribution in [1.29, 1.82) is 0 Å². The van der Waals surface area contributed by atoms with Gasteiger partial charge >= 0.3 is 6.01 Å². The van der Waals surface area contributed by atoms with Crippen LogP contribution in [0.1, 0.15) is 30.3 Å². The first-order valence-corrected chi connectivity index (χ1v) is 11.4. The van der Waals surface area contributed by atoms with Gasteiger partial charge in [0.1, 0.15) is 17.4 Å². The van der Waals surface area contributed by atoms with Gasteiger partial charge < -0.3 is 20.7 Å². The molecule has 3 heterocycles. The van der Waals surface area contributed by atoms with Gasteiger partial charge in [-0.25, -0.2) is 4.39 Å². The molecule has 1 saturated heterocycles. The second-order valence-corrected chi connectivity index (χ2v) is 9.80. The number of nitrogens with zero attached hydrogens (tertiary/aromatic N) is 4. The summed E-state index contributed by atoms with van der Waals surface area (Å²) in [5.41, 5.74) is 11.8. The van der Waals surface area contributed by atoms with Crippen LogP contribution in [0.2, 0.25) is 0 Å². The van der Waals surface area contributed by atoms with Gasteiger partial charge in [-0.2, -0.15) is 9.97 Å². The number of hydrogen-bond donors (Lipinski definition) is 2. The average molecular weight is 447 g/mol. The third kappa shape index (κ3) is 3.15. The first-order chi connectivity index (χ1) is 15.8. The van der Waals surface area contributed by atoms with E-state index in [0.717, 1.165) is 59.1 Å². The third-order valence-electron chi connectivity index (χ3n) is 7.52. The Bertz CT molecular complexity index is 1260. The molecular formula is C25H27FN6O. The smallest absolute Gasteiger partial charge is 0.324 e. The van der Waals surface area contributed by atoms with Crippen molar-refractivity contribution in [2.75, 3.05) is 30.4 Å². The summed E-state index contributed by atoms with van der Waals surface area (Å²) in [5, 5.41) is 3.13. The quantitative estimate of drug-likeness (QED) is 0.491. The Kier molecular flexibility index (Phi) is 4.39. The lowest BCUT2D eigenvalue weighted by Crippen LogP contribution is -2.53. The monoisotopic (exact) mass is 446 g/mol. The van der Waals surface area contributed by atoms with E-state index in [1.807, 2.05) is 26.1 Å². The Morgan fingerprint density at radius 3 is 2.82 bits per heavy atom. The van der Waals surface area contributed by atoms with Gasteiger partial charge in [-0.1, -0.05) is 6.92 Å². The zero-order valence-corrected chi connectivity index (χ0v) is 19.0. The third-order valence-corrected chi connectivity index (χ3v) is 7.52. The van der Waals surface area contributed by atoms with Crippen molar-refractivity contribution in [3.05, 3.63) is 53.2 Å². The molecule has 0 spiro atoms. The Hall–Kier alpha value is -3.26. The minimum absolute atomic E-state index is 0.179. The SMILES string of the molecule is CNc1cc(F)cc2c1Cc1nc(Oc3ccc(C)nc3)nc(N3CC4[C@H](N)C[C@]4(C)C3)c1-2. The van der Waals surface area contributed by atoms with Crippen molar-refractivity contribution in [3.63, 3.8) is 0 Å². The predicted molar refractivity (Wildman–Crippen MR) is 125 cm³/mol. The van der Waals surface area contributed by atoms with E-state index in [9.17, 15) is 4.39 Å². The molecule has 1 aromatic carbocycles. The number of ether oxygens (including phenoxy) is 1. The summed E-state index contributed by atoms with van der Waals surface area (Å²) in [6.07, 6.45) is 3.27. The van der Waals surface area contributed by atoms with Crippen molar-refractivity contribution in [1.82, 2.24) is 15.0 Å². The van der Waals surface area contributed by atoms with Crippen molar-refractivity contribution in [3.8, 4) is 22.9 Å². The number of nitrogens with two attached hydrogens (primary N) is 1. The van der Waals surface area contributed by atoms with E-state index < -0.39 is 0 Å². The lowest BCUT2D eigenvalue weighted by molar-refractivity contribution is 0.0771. The highest BCUT2D eigenvalue weighted by Crippen LogP contribution is 2.54. The maximum Gasteiger partial charge on any atom is 0.324 e. The second kappa shape index (κ2) is 7.12. The van der Waals surface area contributed by atoms with Gasteiger partial charge in [0, 0.05) is 49.5 Å². The number of fused-ring (bicyclic) bond motifs is 4. The van der Waals surface area contributed by atoms with Crippen molar-refractivity contribution in [2.24, 2.45) is 17.1 Å². The molecule has 33 heavy (non-hydrogen) atoms. The Labute approximate surface area is 192 Å². The summed E-state index contributed by atoms with van der Waals surface area (Å²) in [6, 6.07) is 7.37. The number of benzene rings is 1. The highest BCUT2D eigenvalue weighted by Gasteiger charge is 2.55. The summed E-state index contributed by atoms with van der Waals surface area (Å²) in [6.45, 7) is 5.92. The van der Waals surface area contributed by atoms with E-state index in [-0.39, 0.29) is 23.3 Å². The summed E-state index contributed by atoms with van der Waals surface area (Å²) < 4.78 is 20.5. The van der Waals surface area contributed by atoms with E-state index in [1.165, 1.54) is 6.07 Å². The summed E-state index contributed by atoms with van der Waals surface area (Å²) in [5.74, 6) is 1.53. The summed E-state index contributed by atoms with van der Waals surface area (Å²) >= 11 is 0. The molecule has 2 fully saturated rings. The standard InChI is InChI=1S/C25H27FN6O/c1-13-4-5-15(10-29-13)33-24-30-21-8-16-17(6-14(26)7-20(16)28-3)22(21)23(31-24)32-11-18-19(27)9-25(18,2)12-32/h4-7,10,18-19,28H,8-9,11-12,27H2,1-3H3/t18?,19-,25-/m1/s1. The van der Waals surface area contributed by atoms with Gasteiger partial charge in [0.15, 0.2) is 0 Å². The van der Waals surface area contributed by atoms with Crippen LogP contribution in [-0.4, -0.2) is 41.1 Å². The van der Waals surface area contributed by atoms with Crippen LogP contribution in [0.3, 0.4) is 0 Å². The molecule has 3 aliphatic rings. The molecule has 170 valence electrons. The van der Waals surface area contributed by atoms with E-state index in [1.54, 1.807) is 12.3 Å². The average Bonchev–Trinajstić information content (AvgIpc) is 3.28. The zero-order chi connectivity index (χ0) is 22.9. The number of pyridine rings is 1. The molecule has 0 radical (unpaired) electrons. The van der Waals surface area contributed by atoms with Crippen molar-refractivity contribution >= 4 is 11.5 Å². The van der Waals surface area contributed by atoms with Gasteiger partial charge in [-0.3, -0.25) is 4.98 Å². The predicted octanol–water partition coefficient (Wildman–Crippen LogP) is 3.90. The van der Waals surface area contributed by atoms with Gasteiger partial charge in [-0.05, 0) is 60.1 Å². The Morgan fingerprint density at radius 1 is 1.27 bits per heavy atom. The molecule has 8 heteroatoms. The van der Waals surface area contributed by atoms with Gasteiger partial charge in [0.2, 0.25) is 0 Å². The molecule has 2 aliphatic carbocycles. The van der Waals surface area contributed by atoms with Crippen LogP contribution in [0.15, 0.2) is 30.5 Å². The number of nitrogens with one attached hydrogen (secondary N) is 1. The highest BCUT2D eigenvalue weighted by molar-refractivity contribution is 5.88. The molecule has 3 atom stereocenters. The summed E-state index contributed by atoms with van der Waals surface area (Å²) in [7, 11) is 1.81. The molecule has 3 N–H and O–H groups in total. The highest BCUT2D eigenvalue weighted by atomic mass is 19.1. The Balaban J connectivity index is 1.47. The van der Waals surface area contributed by atoms with E-state index in [0.29, 0.717) is 18.1 Å². The van der Waals surface area contributed by atoms with Crippen LogP contribution in [0.5, 0.6) is 11.8 Å². The van der Waals surface area contributed by atoms with Crippen LogP contribution in [0.4, 0.5) is 15.9 Å². The molecule has 0 bridgehead atoms. The molecule has 1 saturated carbocycles. The molecule has 2 aromatic heterocycles. The van der Waals surface area contributed by atoms with Gasteiger partial charge in [-0.15, -0.1) is 0 Å². The topological polar surface area (TPSA) is 89.2 Å². The molecule has 1 aliphatic heterocycles. The van der Waals surface area contributed by atoms with Crippen molar-refractivity contribution in [2.45, 2.75) is 32.7 Å². The maximum absolute atomic E-state index is 14.5. The van der Waals surface area contributed by atoms with Gasteiger partial charge in [0.25, 0.3) is 0 Å². The fourth-order valence-electron chi connectivity index (χ4n) is 5.84. The number of aryl methyl sites for hydroxylation is 1. The number of anilines is 2. The van der Waals surface area contributed by atoms with Crippen LogP contribution in [-0.2, 0) is 6.42 Å². The van der Waals surface area contributed by atoms with Crippen LogP contribution >= 0.6 is 0 Å². The fraction of sp³-hybridized carbons (Fsp3) is 0.400. The molecular weight excluding hydrogens is 419 g/mol. The van der Waals surface area contributed by atoms with Crippen LogP contribution < -0.4 is 20.7 Å². The van der Waals surface area contributed by atoms with Gasteiger partial charge in [0.05, 0.1) is 11.9 Å². The number of rotatable bonds is 4. The molecule has 6 rings (SSSR count). The van der Waals surface area contributed by atoms with E-state index in [4.69, 9.17) is 20.4 Å². The zero-order valence-electron chi connectivity index (χ0n) is 19.0. The second-order valence-electron chi connectivity index (χ2n) is 9.80. The minimum atomic E-state index is -0.279. The van der Waals surface area contributed by atoms with Crippen LogP contribution in [0, 0.1) is 24.1 Å². The largest absolute Gasteiger partial charge is 0.423 e. The maximum atomic E-state index is 14.5. The molecule has 0 amide bonds. The number of hydrogen-bond acceptors (Lipinski definition) is 7. The van der Waals surface area contributed by atoms with E-state index in [2.05, 4.69) is 22.1 Å². The lowest BCUT2D eigenvalue weighted by Gasteiger charge is -2.46. The first kappa shape index (κ1) is 20.4. The van der Waals surface area contributed by atoms with E-state index >= 15 is 0 Å². The Morgan fingerprint density at radius 2 is 2.12 bits per heavy atom. The number of halogens is 1. The lowest BCUT2D eigenvalue weighted by atomic mass is 9.60. The minimum Gasteiger partial charge on any atom is -0.423 e.